The molecule has 0 spiro atoms. The van der Waals surface area contributed by atoms with Crippen LogP contribution in [0.15, 0.2) is 23.0 Å². The van der Waals surface area contributed by atoms with Crippen LogP contribution in [0.1, 0.15) is 141 Å². The first-order valence-electron chi connectivity index (χ1n) is 20.3. The molecule has 8 bridgehead atoms. The van der Waals surface area contributed by atoms with Gasteiger partial charge in [0.2, 0.25) is 0 Å². The molecule has 9 nitrogen and oxygen atoms in total. The van der Waals surface area contributed by atoms with Crippen LogP contribution >= 0.6 is 0 Å². The molecule has 4 N–H and O–H groups in total. The summed E-state index contributed by atoms with van der Waals surface area (Å²) in [5.41, 5.74) is 13.2. The summed E-state index contributed by atoms with van der Waals surface area (Å²) < 4.78 is 11.0. The monoisotopic (exact) mass is 748 g/mol. The van der Waals surface area contributed by atoms with Gasteiger partial charge in [0.25, 0.3) is 0 Å². The number of nitrogens with one attached hydrogen (secondary N) is 4. The lowest BCUT2D eigenvalue weighted by Gasteiger charge is -2.19. The minimum atomic E-state index is -1.12. The first-order chi connectivity index (χ1) is 26.3. The van der Waals surface area contributed by atoms with Crippen molar-refractivity contribution in [2.45, 2.75) is 114 Å². The smallest absolute Gasteiger partial charge is 0.321 e. The Morgan fingerprint density at radius 1 is 0.891 bits per heavy atom. The molecule has 3 aliphatic rings. The predicted molar refractivity (Wildman–Crippen MR) is 220 cm³/mol. The third-order valence-corrected chi connectivity index (χ3v) is 12.6. The van der Waals surface area contributed by atoms with Crippen molar-refractivity contribution < 1.29 is 23.9 Å². The van der Waals surface area contributed by atoms with Gasteiger partial charge in [-0.15, -0.1) is 0 Å². The van der Waals surface area contributed by atoms with E-state index >= 15 is 0 Å². The summed E-state index contributed by atoms with van der Waals surface area (Å²) in [6, 6.07) is 0. The van der Waals surface area contributed by atoms with Crippen LogP contribution in [0.5, 0.6) is 0 Å². The van der Waals surface area contributed by atoms with Gasteiger partial charge >= 0.3 is 11.9 Å². The number of carbonyl (C=O) groups is 3. The lowest BCUT2D eigenvalue weighted by Crippen LogP contribution is -2.25. The molecule has 3 aromatic rings. The average molecular weight is 749 g/mol. The number of rotatable bonds is 13. The van der Waals surface area contributed by atoms with E-state index < -0.39 is 11.9 Å². The second-order valence-electron chi connectivity index (χ2n) is 16.0. The highest BCUT2D eigenvalue weighted by molar-refractivity contribution is 6.24. The first kappa shape index (κ1) is 39.9. The Balaban J connectivity index is 1.44. The molecule has 4 atom stereocenters. The number of hydrogen-bond acceptors (Lipinski definition) is 6. The normalized spacial score (nSPS) is 23.0. The number of methoxy groups -OCH3 is 1. The van der Waals surface area contributed by atoms with Gasteiger partial charge in [-0.05, 0) is 118 Å². The van der Waals surface area contributed by atoms with E-state index in [-0.39, 0.29) is 36.6 Å². The Labute approximate surface area is 325 Å². The van der Waals surface area contributed by atoms with Gasteiger partial charge in [0.15, 0.2) is 5.78 Å². The molecule has 6 rings (SSSR count). The van der Waals surface area contributed by atoms with Crippen molar-refractivity contribution in [1.29, 1.82) is 0 Å². The van der Waals surface area contributed by atoms with Gasteiger partial charge in [0, 0.05) is 68.6 Å². The molecule has 3 aromatic heterocycles. The molecule has 0 aromatic carbocycles. The molecule has 1 aliphatic carbocycles. The molecule has 0 unspecified atom stereocenters. The van der Waals surface area contributed by atoms with Crippen LogP contribution in [-0.2, 0) is 31.9 Å². The van der Waals surface area contributed by atoms with Crippen LogP contribution in [0.4, 0.5) is 0 Å². The summed E-state index contributed by atoms with van der Waals surface area (Å²) in [6.45, 7) is 19.6. The molecular formula is C46H60N4O5. The van der Waals surface area contributed by atoms with Gasteiger partial charge in [-0.25, -0.2) is 0 Å². The maximum Gasteiger partial charge on any atom is 0.321 e. The number of ketones is 1. The highest BCUT2D eigenvalue weighted by Crippen LogP contribution is 2.48. The molecule has 0 amide bonds. The fraction of sp³-hybridized carbons (Fsp3) is 0.500. The van der Waals surface area contributed by atoms with E-state index in [1.807, 2.05) is 13.0 Å². The van der Waals surface area contributed by atoms with E-state index in [1.54, 1.807) is 0 Å². The van der Waals surface area contributed by atoms with Gasteiger partial charge in [0.1, 0.15) is 12.5 Å². The molecular weight excluding hydrogens is 689 g/mol. The lowest BCUT2D eigenvalue weighted by atomic mass is 9.85. The Bertz CT molecular complexity index is 2220. The summed E-state index contributed by atoms with van der Waals surface area (Å²) in [5.74, 6) is -1.80. The summed E-state index contributed by atoms with van der Waals surface area (Å²) in [7, 11) is 1.33. The third kappa shape index (κ3) is 7.59. The fourth-order valence-corrected chi connectivity index (χ4v) is 8.88. The van der Waals surface area contributed by atoms with Crippen molar-refractivity contribution >= 4 is 41.5 Å². The number of allylic oxidation sites excluding steroid dienone is 3. The van der Waals surface area contributed by atoms with Crippen molar-refractivity contribution in [2.24, 2.45) is 23.7 Å². The largest absolute Gasteiger partial charge is 0.468 e. The van der Waals surface area contributed by atoms with Gasteiger partial charge in [-0.3, -0.25) is 14.4 Å². The molecule has 1 fully saturated rings. The number of aromatic amines is 3. The molecule has 9 heteroatoms. The minimum absolute atomic E-state index is 0.0571. The number of H-pyrrole nitrogens is 3. The maximum atomic E-state index is 14.3. The Morgan fingerprint density at radius 2 is 1.60 bits per heavy atom. The second kappa shape index (κ2) is 16.5. The second-order valence-corrected chi connectivity index (χ2v) is 16.0. The number of carbonyl (C=O) groups excluding carboxylic acids is 3. The lowest BCUT2D eigenvalue weighted by molar-refractivity contribution is -0.143. The van der Waals surface area contributed by atoms with E-state index in [2.05, 4.69) is 93.9 Å². The molecule has 294 valence electrons. The van der Waals surface area contributed by atoms with Gasteiger partial charge in [-0.2, -0.15) is 0 Å². The predicted octanol–water partition coefficient (Wildman–Crippen LogP) is 7.77. The number of ether oxygens (including phenoxy) is 2. The van der Waals surface area contributed by atoms with Crippen molar-refractivity contribution in [1.82, 2.24) is 20.3 Å². The molecule has 0 radical (unpaired) electrons. The van der Waals surface area contributed by atoms with Crippen LogP contribution in [0.25, 0.3) is 23.8 Å². The standard InChI is InChI=1S/C46H60N4O5/c1-11-24(4)15-14-16-25(5)19-20-55-39(51)18-17-32-28(8)35-21-33-26(6)30(12-2)37(47-33)22-34-27(7)31(13-3)38(48-34)23-36-29(9)40-44(50-36)41(43(32)49-35)42(45(40)52)46(53)54-10/h19,21-24,28,32,42,47-50H,11-18,20H2,1-10H3/b25-19+,34-22-,35-21-,38-23-,43-41-/t24-,28+,32+,42-/m1/s1. The van der Waals surface area contributed by atoms with Crippen molar-refractivity contribution in [3.63, 3.8) is 0 Å². The molecule has 2 aliphatic heterocycles. The van der Waals surface area contributed by atoms with Crippen LogP contribution in [-0.4, -0.2) is 46.4 Å². The van der Waals surface area contributed by atoms with Gasteiger partial charge in [-0.1, -0.05) is 53.0 Å². The molecule has 0 saturated carbocycles. The van der Waals surface area contributed by atoms with Crippen LogP contribution in [0, 0.1) is 44.4 Å². The van der Waals surface area contributed by atoms with E-state index in [1.165, 1.54) is 47.8 Å². The quantitative estimate of drug-likeness (QED) is 0.0804. The first-order valence-corrected chi connectivity index (χ1v) is 20.3. The highest BCUT2D eigenvalue weighted by Gasteiger charge is 2.48. The Kier molecular flexibility index (Phi) is 12.0. The van der Waals surface area contributed by atoms with Crippen molar-refractivity contribution in [3.05, 3.63) is 89.9 Å². The van der Waals surface area contributed by atoms with E-state index in [9.17, 15) is 14.4 Å². The molecule has 1 saturated heterocycles. The Hall–Kier alpha value is -4.79. The maximum absolute atomic E-state index is 14.3. The van der Waals surface area contributed by atoms with Crippen LogP contribution in [0.3, 0.4) is 0 Å². The van der Waals surface area contributed by atoms with Crippen molar-refractivity contribution in [2.75, 3.05) is 13.7 Å². The molecule has 55 heavy (non-hydrogen) atoms. The van der Waals surface area contributed by atoms with Crippen LogP contribution < -0.4 is 16.0 Å². The minimum Gasteiger partial charge on any atom is -0.468 e. The van der Waals surface area contributed by atoms with Gasteiger partial charge < -0.3 is 29.7 Å². The zero-order valence-corrected chi connectivity index (χ0v) is 34.5. The van der Waals surface area contributed by atoms with Gasteiger partial charge in [0.05, 0.1) is 12.8 Å². The van der Waals surface area contributed by atoms with E-state index in [4.69, 9.17) is 9.47 Å². The number of hydrogen-bond donors (Lipinski definition) is 4. The van der Waals surface area contributed by atoms with Crippen LogP contribution in [0.2, 0.25) is 0 Å². The highest BCUT2D eigenvalue weighted by atomic mass is 16.5. The number of aromatic nitrogens is 3. The number of esters is 2. The number of Topliss-reactive ketones (excluding diaryl/α,β-unsaturated/α-hetero) is 1. The summed E-state index contributed by atoms with van der Waals surface area (Å²) in [4.78, 5) is 52.1. The van der Waals surface area contributed by atoms with E-state index in [0.717, 1.165) is 76.3 Å². The third-order valence-electron chi connectivity index (χ3n) is 12.6. The van der Waals surface area contributed by atoms with Crippen molar-refractivity contribution in [3.8, 4) is 0 Å². The van der Waals surface area contributed by atoms with E-state index in [0.29, 0.717) is 23.3 Å². The topological polar surface area (TPSA) is 129 Å². The zero-order chi connectivity index (χ0) is 39.7. The number of fused-ring (bicyclic) bond motifs is 7. The fourth-order valence-electron chi connectivity index (χ4n) is 8.88. The molecule has 5 heterocycles. The summed E-state index contributed by atoms with van der Waals surface area (Å²) in [6.07, 6.45) is 15.4. The average Bonchev–Trinajstić information content (AvgIpc) is 3.90. The summed E-state index contributed by atoms with van der Waals surface area (Å²) >= 11 is 0. The Morgan fingerprint density at radius 3 is 2.29 bits per heavy atom. The zero-order valence-electron chi connectivity index (χ0n) is 34.5. The SMILES string of the molecule is CCc1c2[nH]c(c1C)/C=C1\N/C(=C3\c4[nH]c(c(C)c4C(=O)[C@@H]3C(=O)OC)/C=c3\[nH]/c(c(C)c3CC)=C\2)[C@@H](CCC(=O)OC/C=C(\C)CCC[C@H](C)CC)[C@@H]1C. The summed E-state index contributed by atoms with van der Waals surface area (Å²) in [5, 5.41) is 5.74.